The molecule has 3 aliphatic rings. The summed E-state index contributed by atoms with van der Waals surface area (Å²) in [6.07, 6.45) is 6.57. The van der Waals surface area contributed by atoms with Crippen LogP contribution in [0.2, 0.25) is 0 Å². The van der Waals surface area contributed by atoms with Crippen LogP contribution >= 0.6 is 0 Å². The molecule has 0 N–H and O–H groups in total. The number of amides is 1. The van der Waals surface area contributed by atoms with Crippen LogP contribution in [0.25, 0.3) is 0 Å². The molecule has 23 heavy (non-hydrogen) atoms. The van der Waals surface area contributed by atoms with Gasteiger partial charge in [0.2, 0.25) is 17.7 Å². The molecule has 1 aromatic rings. The molecule has 0 aromatic carbocycles. The Morgan fingerprint density at radius 3 is 2.74 bits per heavy atom. The van der Waals surface area contributed by atoms with Crippen molar-refractivity contribution in [1.82, 2.24) is 14.9 Å². The van der Waals surface area contributed by atoms with Crippen molar-refractivity contribution in [2.24, 2.45) is 17.8 Å². The molecule has 4 rings (SSSR count). The van der Waals surface area contributed by atoms with Crippen molar-refractivity contribution >= 4 is 11.9 Å². The largest absolute Gasteiger partial charge is 0.481 e. The smallest absolute Gasteiger partial charge is 0.228 e. The van der Waals surface area contributed by atoms with Crippen molar-refractivity contribution in [2.45, 2.75) is 25.7 Å². The van der Waals surface area contributed by atoms with Crippen LogP contribution in [0.5, 0.6) is 5.88 Å². The first kappa shape index (κ1) is 14.7. The molecule has 3 atom stereocenters. The molecule has 0 spiro atoms. The van der Waals surface area contributed by atoms with Crippen LogP contribution in [0.4, 0.5) is 5.95 Å². The number of ether oxygens (including phenoxy) is 1. The molecule has 1 amide bonds. The summed E-state index contributed by atoms with van der Waals surface area (Å²) in [5, 5.41) is 0. The van der Waals surface area contributed by atoms with Gasteiger partial charge in [0.25, 0.3) is 0 Å². The van der Waals surface area contributed by atoms with Gasteiger partial charge < -0.3 is 14.5 Å². The molecular formula is C17H24N4O2. The normalized spacial score (nSPS) is 29.9. The number of anilines is 1. The second-order valence-electron chi connectivity index (χ2n) is 7.02. The number of carbonyl (C=O) groups is 1. The Kier molecular flexibility index (Phi) is 3.83. The van der Waals surface area contributed by atoms with Crippen molar-refractivity contribution in [2.75, 3.05) is 38.2 Å². The van der Waals surface area contributed by atoms with Crippen molar-refractivity contribution in [3.8, 4) is 5.88 Å². The highest BCUT2D eigenvalue weighted by atomic mass is 16.5. The van der Waals surface area contributed by atoms with E-state index < -0.39 is 0 Å². The third-order valence-electron chi connectivity index (χ3n) is 5.68. The maximum Gasteiger partial charge on any atom is 0.228 e. The Morgan fingerprint density at radius 2 is 2.00 bits per heavy atom. The summed E-state index contributed by atoms with van der Waals surface area (Å²) in [5.41, 5.74) is 0. The van der Waals surface area contributed by atoms with Gasteiger partial charge in [0, 0.05) is 38.4 Å². The molecule has 3 unspecified atom stereocenters. The molecule has 6 heteroatoms. The molecular weight excluding hydrogens is 292 g/mol. The number of rotatable bonds is 3. The number of likely N-dealkylation sites (tertiary alicyclic amines) is 1. The van der Waals surface area contributed by atoms with Crippen molar-refractivity contribution in [1.29, 1.82) is 0 Å². The standard InChI is InChI=1S/C17H24N4O2/c1-23-15-5-7-18-17(19-15)20-8-6-14(11-20)16(22)21-9-12-3-2-4-13(12)10-21/h5,7,12-14H,2-4,6,8-11H2,1H3. The van der Waals surface area contributed by atoms with Crippen LogP contribution in [-0.2, 0) is 4.79 Å². The van der Waals surface area contributed by atoms with Crippen LogP contribution in [0.15, 0.2) is 12.3 Å². The minimum Gasteiger partial charge on any atom is -0.481 e. The summed E-state index contributed by atoms with van der Waals surface area (Å²) < 4.78 is 5.16. The predicted molar refractivity (Wildman–Crippen MR) is 86.3 cm³/mol. The first-order valence-electron chi connectivity index (χ1n) is 8.65. The molecule has 2 aliphatic heterocycles. The van der Waals surface area contributed by atoms with Gasteiger partial charge in [-0.2, -0.15) is 4.98 Å². The Balaban J connectivity index is 1.39. The molecule has 3 fully saturated rings. The fourth-order valence-corrected chi connectivity index (χ4v) is 4.42. The number of methoxy groups -OCH3 is 1. The van der Waals surface area contributed by atoms with E-state index in [-0.39, 0.29) is 5.92 Å². The number of hydrogen-bond acceptors (Lipinski definition) is 5. The summed E-state index contributed by atoms with van der Waals surface area (Å²) in [4.78, 5) is 25.7. The van der Waals surface area contributed by atoms with E-state index in [2.05, 4.69) is 19.8 Å². The zero-order valence-corrected chi connectivity index (χ0v) is 13.6. The SMILES string of the molecule is COc1ccnc(N2CCC(C(=O)N3CC4CCCC4C3)C2)n1. The number of aromatic nitrogens is 2. The summed E-state index contributed by atoms with van der Waals surface area (Å²) in [6, 6.07) is 1.74. The van der Waals surface area contributed by atoms with Gasteiger partial charge in [0.1, 0.15) is 0 Å². The number of fused-ring (bicyclic) bond motifs is 1. The highest BCUT2D eigenvalue weighted by Gasteiger charge is 2.41. The van der Waals surface area contributed by atoms with Gasteiger partial charge in [-0.25, -0.2) is 4.98 Å². The predicted octanol–water partition coefficient (Wildman–Crippen LogP) is 1.57. The van der Waals surface area contributed by atoms with E-state index in [9.17, 15) is 4.79 Å². The molecule has 2 saturated heterocycles. The Morgan fingerprint density at radius 1 is 1.22 bits per heavy atom. The van der Waals surface area contributed by atoms with Crippen LogP contribution in [0, 0.1) is 17.8 Å². The Hall–Kier alpha value is -1.85. The highest BCUT2D eigenvalue weighted by molar-refractivity contribution is 5.80. The van der Waals surface area contributed by atoms with Gasteiger partial charge in [-0.1, -0.05) is 6.42 Å². The van der Waals surface area contributed by atoms with Crippen LogP contribution < -0.4 is 9.64 Å². The lowest BCUT2D eigenvalue weighted by atomic mass is 10.0. The average molecular weight is 316 g/mol. The highest BCUT2D eigenvalue weighted by Crippen LogP contribution is 2.38. The molecule has 1 aromatic heterocycles. The van der Waals surface area contributed by atoms with E-state index in [1.165, 1.54) is 19.3 Å². The molecule has 1 saturated carbocycles. The fourth-order valence-electron chi connectivity index (χ4n) is 4.42. The number of nitrogens with zero attached hydrogens (tertiary/aromatic N) is 4. The average Bonchev–Trinajstić information content (AvgIpc) is 3.29. The quantitative estimate of drug-likeness (QED) is 0.847. The topological polar surface area (TPSA) is 58.6 Å². The molecule has 3 heterocycles. The number of carbonyl (C=O) groups excluding carboxylic acids is 1. The zero-order chi connectivity index (χ0) is 15.8. The van der Waals surface area contributed by atoms with E-state index in [0.717, 1.165) is 44.4 Å². The first-order valence-corrected chi connectivity index (χ1v) is 8.65. The van der Waals surface area contributed by atoms with Gasteiger partial charge in [-0.15, -0.1) is 0 Å². The van der Waals surface area contributed by atoms with Gasteiger partial charge in [0.05, 0.1) is 13.0 Å². The van der Waals surface area contributed by atoms with Gasteiger partial charge in [0.15, 0.2) is 0 Å². The lowest BCUT2D eigenvalue weighted by Gasteiger charge is -2.22. The summed E-state index contributed by atoms with van der Waals surface area (Å²) in [7, 11) is 1.60. The first-order chi connectivity index (χ1) is 11.2. The Bertz CT molecular complexity index is 582. The van der Waals surface area contributed by atoms with Crippen LogP contribution in [-0.4, -0.2) is 54.1 Å². The van der Waals surface area contributed by atoms with Crippen molar-refractivity contribution in [3.05, 3.63) is 12.3 Å². The van der Waals surface area contributed by atoms with E-state index in [1.54, 1.807) is 19.4 Å². The third kappa shape index (κ3) is 2.75. The van der Waals surface area contributed by atoms with E-state index >= 15 is 0 Å². The molecule has 124 valence electrons. The fraction of sp³-hybridized carbons (Fsp3) is 0.706. The van der Waals surface area contributed by atoms with E-state index in [4.69, 9.17) is 4.74 Å². The monoisotopic (exact) mass is 316 g/mol. The van der Waals surface area contributed by atoms with Crippen LogP contribution in [0.1, 0.15) is 25.7 Å². The van der Waals surface area contributed by atoms with Crippen LogP contribution in [0.3, 0.4) is 0 Å². The van der Waals surface area contributed by atoms with Gasteiger partial charge in [-0.05, 0) is 31.1 Å². The molecule has 6 nitrogen and oxygen atoms in total. The zero-order valence-electron chi connectivity index (χ0n) is 13.6. The van der Waals surface area contributed by atoms with Crippen molar-refractivity contribution in [3.63, 3.8) is 0 Å². The van der Waals surface area contributed by atoms with Crippen molar-refractivity contribution < 1.29 is 9.53 Å². The minimum atomic E-state index is 0.0867. The minimum absolute atomic E-state index is 0.0867. The lowest BCUT2D eigenvalue weighted by Crippen LogP contribution is -2.36. The second-order valence-corrected chi connectivity index (χ2v) is 7.02. The molecule has 1 aliphatic carbocycles. The third-order valence-corrected chi connectivity index (χ3v) is 5.68. The summed E-state index contributed by atoms with van der Waals surface area (Å²) >= 11 is 0. The molecule has 0 bridgehead atoms. The maximum atomic E-state index is 12.8. The Labute approximate surface area is 136 Å². The van der Waals surface area contributed by atoms with Gasteiger partial charge >= 0.3 is 0 Å². The second kappa shape index (κ2) is 5.98. The lowest BCUT2D eigenvalue weighted by molar-refractivity contribution is -0.134. The van der Waals surface area contributed by atoms with E-state index in [0.29, 0.717) is 17.7 Å². The van der Waals surface area contributed by atoms with E-state index in [1.807, 2.05) is 0 Å². The summed E-state index contributed by atoms with van der Waals surface area (Å²) in [6.45, 7) is 3.52. The molecule has 0 radical (unpaired) electrons. The number of hydrogen-bond donors (Lipinski definition) is 0. The van der Waals surface area contributed by atoms with Gasteiger partial charge in [-0.3, -0.25) is 4.79 Å². The summed E-state index contributed by atoms with van der Waals surface area (Å²) in [5.74, 6) is 3.18. The maximum absolute atomic E-state index is 12.8.